The minimum Gasteiger partial charge on any atom is -0.384 e. The maximum Gasteiger partial charge on any atom is 0.0340 e. The van der Waals surface area contributed by atoms with Crippen LogP contribution in [0, 0.1) is 6.92 Å². The molecule has 0 radical (unpaired) electrons. The van der Waals surface area contributed by atoms with Crippen LogP contribution in [0.3, 0.4) is 0 Å². The lowest BCUT2D eigenvalue weighted by atomic mass is 10.2. The smallest absolute Gasteiger partial charge is 0.0340 e. The molecule has 0 fully saturated rings. The molecule has 0 aliphatic carbocycles. The Bertz CT molecular complexity index is 305. The van der Waals surface area contributed by atoms with E-state index in [1.807, 2.05) is 0 Å². The summed E-state index contributed by atoms with van der Waals surface area (Å²) < 4.78 is 0. The summed E-state index contributed by atoms with van der Waals surface area (Å²) in [7, 11) is 2.21. The number of rotatable bonds is 7. The fourth-order valence-corrected chi connectivity index (χ4v) is 1.91. The van der Waals surface area contributed by atoms with Crippen molar-refractivity contribution >= 4 is 5.69 Å². The maximum absolute atomic E-state index is 3.46. The number of likely N-dealkylation sites (N-methyl/N-ethyl adjacent to an activating group) is 1. The van der Waals surface area contributed by atoms with E-state index >= 15 is 0 Å². The molecule has 0 heterocycles. The van der Waals surface area contributed by atoms with Gasteiger partial charge in [0.25, 0.3) is 0 Å². The molecule has 0 aromatic heterocycles. The van der Waals surface area contributed by atoms with Gasteiger partial charge in [0, 0.05) is 24.8 Å². The molecule has 0 spiro atoms. The average Bonchev–Trinajstić information content (AvgIpc) is 2.32. The van der Waals surface area contributed by atoms with Gasteiger partial charge in [-0.3, -0.25) is 0 Å². The number of anilines is 1. The van der Waals surface area contributed by atoms with Crippen molar-refractivity contribution in [2.45, 2.75) is 39.7 Å². The summed E-state index contributed by atoms with van der Waals surface area (Å²) in [4.78, 5) is 2.42. The van der Waals surface area contributed by atoms with E-state index in [9.17, 15) is 0 Å². The molecule has 17 heavy (non-hydrogen) atoms. The molecule has 0 saturated heterocycles. The Morgan fingerprint density at radius 2 is 1.88 bits per heavy atom. The van der Waals surface area contributed by atoms with Crippen LogP contribution in [0.2, 0.25) is 0 Å². The van der Waals surface area contributed by atoms with Crippen molar-refractivity contribution in [3.63, 3.8) is 0 Å². The summed E-state index contributed by atoms with van der Waals surface area (Å²) in [6, 6.07) is 9.26. The van der Waals surface area contributed by atoms with Gasteiger partial charge in [0.05, 0.1) is 0 Å². The molecule has 0 bridgehead atoms. The lowest BCUT2D eigenvalue weighted by Crippen LogP contribution is -2.33. The van der Waals surface area contributed by atoms with E-state index < -0.39 is 0 Å². The molecule has 1 unspecified atom stereocenters. The van der Waals surface area contributed by atoms with Crippen LogP contribution in [0.1, 0.15) is 32.3 Å². The van der Waals surface area contributed by atoms with Crippen LogP contribution in [0.15, 0.2) is 24.3 Å². The molecule has 2 heteroatoms. The monoisotopic (exact) mass is 234 g/mol. The highest BCUT2D eigenvalue weighted by atomic mass is 15.1. The van der Waals surface area contributed by atoms with Gasteiger partial charge >= 0.3 is 0 Å². The van der Waals surface area contributed by atoms with Gasteiger partial charge in [0.2, 0.25) is 0 Å². The van der Waals surface area contributed by atoms with Crippen molar-refractivity contribution in [3.8, 4) is 0 Å². The normalized spacial score (nSPS) is 12.8. The van der Waals surface area contributed by atoms with Crippen LogP contribution >= 0.6 is 0 Å². The molecule has 0 aliphatic rings. The van der Waals surface area contributed by atoms with Gasteiger partial charge in [0.1, 0.15) is 0 Å². The fourth-order valence-electron chi connectivity index (χ4n) is 1.91. The van der Waals surface area contributed by atoms with Gasteiger partial charge in [-0.1, -0.05) is 31.0 Å². The Kier molecular flexibility index (Phi) is 6.06. The molecule has 1 N–H and O–H groups in total. The van der Waals surface area contributed by atoms with Crippen LogP contribution in [0.4, 0.5) is 5.69 Å². The first-order valence-corrected chi connectivity index (χ1v) is 6.64. The minimum absolute atomic E-state index is 0.680. The highest BCUT2D eigenvalue weighted by Crippen LogP contribution is 2.08. The first-order chi connectivity index (χ1) is 8.13. The third-order valence-electron chi connectivity index (χ3n) is 3.30. The Balaban J connectivity index is 2.25. The Morgan fingerprint density at radius 1 is 1.24 bits per heavy atom. The zero-order valence-corrected chi connectivity index (χ0v) is 11.7. The summed E-state index contributed by atoms with van der Waals surface area (Å²) in [5.74, 6) is 0. The Labute approximate surface area is 106 Å². The quantitative estimate of drug-likeness (QED) is 0.776. The van der Waals surface area contributed by atoms with Crippen LogP contribution in [0.25, 0.3) is 0 Å². The molecule has 1 aromatic rings. The van der Waals surface area contributed by atoms with Crippen molar-refractivity contribution in [1.82, 2.24) is 4.90 Å². The second-order valence-corrected chi connectivity index (χ2v) is 4.91. The van der Waals surface area contributed by atoms with Crippen molar-refractivity contribution in [2.24, 2.45) is 0 Å². The molecular formula is C15H26N2. The fraction of sp³-hybridized carbons (Fsp3) is 0.600. The highest BCUT2D eigenvalue weighted by molar-refractivity contribution is 5.44. The van der Waals surface area contributed by atoms with Crippen molar-refractivity contribution in [3.05, 3.63) is 29.8 Å². The summed E-state index contributed by atoms with van der Waals surface area (Å²) in [6.45, 7) is 8.76. The summed E-state index contributed by atoms with van der Waals surface area (Å²) in [6.07, 6.45) is 2.54. The number of benzene rings is 1. The minimum atomic E-state index is 0.680. The third kappa shape index (κ3) is 5.22. The number of aryl methyl sites for hydroxylation is 1. The molecule has 0 aliphatic heterocycles. The van der Waals surface area contributed by atoms with E-state index in [0.717, 1.165) is 13.1 Å². The van der Waals surface area contributed by atoms with Crippen LogP contribution < -0.4 is 5.32 Å². The second-order valence-electron chi connectivity index (χ2n) is 4.91. The predicted octanol–water partition coefficient (Wildman–Crippen LogP) is 3.53. The van der Waals surface area contributed by atoms with E-state index in [0.29, 0.717) is 6.04 Å². The summed E-state index contributed by atoms with van der Waals surface area (Å²) >= 11 is 0. The van der Waals surface area contributed by atoms with Gasteiger partial charge < -0.3 is 10.2 Å². The van der Waals surface area contributed by atoms with E-state index in [1.54, 1.807) is 0 Å². The highest BCUT2D eigenvalue weighted by Gasteiger charge is 2.06. The molecule has 2 nitrogen and oxygen atoms in total. The molecule has 0 saturated carbocycles. The zero-order chi connectivity index (χ0) is 12.7. The Morgan fingerprint density at radius 3 is 2.47 bits per heavy atom. The maximum atomic E-state index is 3.46. The van der Waals surface area contributed by atoms with Gasteiger partial charge in [-0.05, 0) is 39.4 Å². The van der Waals surface area contributed by atoms with Gasteiger partial charge in [0.15, 0.2) is 0 Å². The van der Waals surface area contributed by atoms with Gasteiger partial charge in [-0.2, -0.15) is 0 Å². The second kappa shape index (κ2) is 7.33. The van der Waals surface area contributed by atoms with Crippen molar-refractivity contribution < 1.29 is 0 Å². The van der Waals surface area contributed by atoms with E-state index in [4.69, 9.17) is 0 Å². The molecule has 1 aromatic carbocycles. The molecule has 0 amide bonds. The van der Waals surface area contributed by atoms with Crippen LogP contribution in [-0.2, 0) is 0 Å². The largest absolute Gasteiger partial charge is 0.384 e. The van der Waals surface area contributed by atoms with E-state index in [2.05, 4.69) is 62.3 Å². The lowest BCUT2D eigenvalue weighted by molar-refractivity contribution is 0.254. The number of nitrogens with zero attached hydrogens (tertiary/aromatic N) is 1. The lowest BCUT2D eigenvalue weighted by Gasteiger charge is -2.24. The zero-order valence-electron chi connectivity index (χ0n) is 11.7. The molecule has 1 rings (SSSR count). The Hall–Kier alpha value is -1.02. The number of hydrogen-bond acceptors (Lipinski definition) is 2. The summed E-state index contributed by atoms with van der Waals surface area (Å²) in [5, 5.41) is 3.46. The topological polar surface area (TPSA) is 15.3 Å². The van der Waals surface area contributed by atoms with E-state index in [1.165, 1.54) is 24.1 Å². The summed E-state index contributed by atoms with van der Waals surface area (Å²) in [5.41, 5.74) is 2.52. The van der Waals surface area contributed by atoms with Gasteiger partial charge in [-0.25, -0.2) is 0 Å². The predicted molar refractivity (Wildman–Crippen MR) is 76.7 cm³/mol. The van der Waals surface area contributed by atoms with Crippen molar-refractivity contribution in [1.29, 1.82) is 0 Å². The van der Waals surface area contributed by atoms with Crippen molar-refractivity contribution in [2.75, 3.05) is 25.5 Å². The third-order valence-corrected chi connectivity index (χ3v) is 3.30. The van der Waals surface area contributed by atoms with Gasteiger partial charge in [-0.15, -0.1) is 0 Å². The van der Waals surface area contributed by atoms with Crippen LogP contribution in [-0.4, -0.2) is 31.1 Å². The van der Waals surface area contributed by atoms with Crippen LogP contribution in [0.5, 0.6) is 0 Å². The first-order valence-electron chi connectivity index (χ1n) is 6.64. The standard InChI is InChI=1S/C15H26N2/c1-5-6-14(3)17(4)12-11-16-15-9-7-13(2)8-10-15/h7-10,14,16H,5-6,11-12H2,1-4H3. The average molecular weight is 234 g/mol. The molecule has 96 valence electrons. The molecular weight excluding hydrogens is 208 g/mol. The van der Waals surface area contributed by atoms with E-state index in [-0.39, 0.29) is 0 Å². The molecule has 1 atom stereocenters. The SMILES string of the molecule is CCCC(C)N(C)CCNc1ccc(C)cc1. The number of hydrogen-bond donors (Lipinski definition) is 1. The number of nitrogens with one attached hydrogen (secondary N) is 1. The first kappa shape index (κ1) is 14.0.